The van der Waals surface area contributed by atoms with Crippen molar-refractivity contribution >= 4 is 11.3 Å². The van der Waals surface area contributed by atoms with Crippen LogP contribution < -0.4 is 4.74 Å². The van der Waals surface area contributed by atoms with Gasteiger partial charge in [0.15, 0.2) is 0 Å². The van der Waals surface area contributed by atoms with Gasteiger partial charge in [0.05, 0.1) is 6.61 Å². The van der Waals surface area contributed by atoms with Crippen molar-refractivity contribution in [3.05, 3.63) is 11.1 Å². The molecule has 0 radical (unpaired) electrons. The van der Waals surface area contributed by atoms with E-state index in [0.717, 1.165) is 11.6 Å². The topological polar surface area (TPSA) is 22.1 Å². The first-order valence-electron chi connectivity index (χ1n) is 3.44. The standard InChI is InChI=1S/C7H11NOS/c1-3-6-5-8-7(10-6)9-4-2/h5H,3-4H2,1-2H3. The summed E-state index contributed by atoms with van der Waals surface area (Å²) in [5.74, 6) is 0. The van der Waals surface area contributed by atoms with E-state index in [1.807, 2.05) is 13.1 Å². The molecule has 0 saturated carbocycles. The molecule has 0 aliphatic rings. The van der Waals surface area contributed by atoms with Crippen molar-refractivity contribution in [2.75, 3.05) is 6.61 Å². The maximum Gasteiger partial charge on any atom is 0.273 e. The Hall–Kier alpha value is -0.570. The zero-order valence-corrected chi connectivity index (χ0v) is 7.07. The van der Waals surface area contributed by atoms with Gasteiger partial charge in [-0.25, -0.2) is 4.98 Å². The fourth-order valence-corrected chi connectivity index (χ4v) is 1.40. The predicted molar refractivity (Wildman–Crippen MR) is 42.7 cm³/mol. The Labute approximate surface area is 64.9 Å². The van der Waals surface area contributed by atoms with Gasteiger partial charge in [-0.05, 0) is 13.3 Å². The molecular formula is C7H11NOS. The third-order valence-corrected chi connectivity index (χ3v) is 2.20. The summed E-state index contributed by atoms with van der Waals surface area (Å²) in [6.07, 6.45) is 2.92. The first-order valence-corrected chi connectivity index (χ1v) is 4.26. The molecule has 1 rings (SSSR count). The summed E-state index contributed by atoms with van der Waals surface area (Å²) >= 11 is 1.62. The van der Waals surface area contributed by atoms with Crippen molar-refractivity contribution in [3.63, 3.8) is 0 Å². The molecular weight excluding hydrogens is 146 g/mol. The van der Waals surface area contributed by atoms with Crippen molar-refractivity contribution in [2.45, 2.75) is 20.3 Å². The molecule has 0 fully saturated rings. The molecule has 0 unspecified atom stereocenters. The Kier molecular flexibility index (Phi) is 2.68. The molecule has 2 nitrogen and oxygen atoms in total. The molecule has 56 valence electrons. The highest BCUT2D eigenvalue weighted by Gasteiger charge is 1.98. The second-order valence-electron chi connectivity index (χ2n) is 1.88. The molecule has 0 saturated heterocycles. The smallest absolute Gasteiger partial charge is 0.273 e. The fraction of sp³-hybridized carbons (Fsp3) is 0.571. The van der Waals surface area contributed by atoms with Crippen molar-refractivity contribution in [3.8, 4) is 5.19 Å². The lowest BCUT2D eigenvalue weighted by molar-refractivity contribution is 0.338. The number of aryl methyl sites for hydroxylation is 1. The van der Waals surface area contributed by atoms with Crippen LogP contribution in [0.4, 0.5) is 0 Å². The molecule has 0 aromatic carbocycles. The molecule has 0 amide bonds. The molecule has 3 heteroatoms. The summed E-state index contributed by atoms with van der Waals surface area (Å²) in [4.78, 5) is 5.35. The third kappa shape index (κ3) is 1.70. The highest BCUT2D eigenvalue weighted by Crippen LogP contribution is 2.20. The number of rotatable bonds is 3. The van der Waals surface area contributed by atoms with Gasteiger partial charge < -0.3 is 4.74 Å². The number of nitrogens with zero attached hydrogens (tertiary/aromatic N) is 1. The lowest BCUT2D eigenvalue weighted by Crippen LogP contribution is -1.88. The molecule has 1 heterocycles. The molecule has 0 spiro atoms. The van der Waals surface area contributed by atoms with E-state index in [2.05, 4.69) is 11.9 Å². The number of thiazole rings is 1. The van der Waals surface area contributed by atoms with Gasteiger partial charge in [0.25, 0.3) is 5.19 Å². The van der Waals surface area contributed by atoms with Gasteiger partial charge in [-0.2, -0.15) is 0 Å². The van der Waals surface area contributed by atoms with E-state index >= 15 is 0 Å². The summed E-state index contributed by atoms with van der Waals surface area (Å²) in [7, 11) is 0. The minimum Gasteiger partial charge on any atom is -0.470 e. The van der Waals surface area contributed by atoms with E-state index in [0.29, 0.717) is 6.61 Å². The largest absolute Gasteiger partial charge is 0.470 e. The molecule has 0 bridgehead atoms. The second kappa shape index (κ2) is 3.56. The van der Waals surface area contributed by atoms with Gasteiger partial charge in [0.1, 0.15) is 0 Å². The average Bonchev–Trinajstić information content (AvgIpc) is 2.37. The Morgan fingerprint density at radius 1 is 1.60 bits per heavy atom. The lowest BCUT2D eigenvalue weighted by Gasteiger charge is -1.92. The van der Waals surface area contributed by atoms with Crippen LogP contribution in [0, 0.1) is 0 Å². The monoisotopic (exact) mass is 157 g/mol. The van der Waals surface area contributed by atoms with Crippen LogP contribution in [0.2, 0.25) is 0 Å². The van der Waals surface area contributed by atoms with Gasteiger partial charge in [-0.3, -0.25) is 0 Å². The molecule has 0 N–H and O–H groups in total. The van der Waals surface area contributed by atoms with E-state index < -0.39 is 0 Å². The minimum absolute atomic E-state index is 0.705. The molecule has 1 aromatic rings. The second-order valence-corrected chi connectivity index (χ2v) is 2.96. The molecule has 1 aromatic heterocycles. The van der Waals surface area contributed by atoms with E-state index in [1.54, 1.807) is 11.3 Å². The Bertz CT molecular complexity index is 197. The van der Waals surface area contributed by atoms with E-state index in [1.165, 1.54) is 4.88 Å². The fourth-order valence-electron chi connectivity index (χ4n) is 0.643. The van der Waals surface area contributed by atoms with Crippen LogP contribution in [0.15, 0.2) is 6.20 Å². The number of ether oxygens (including phenoxy) is 1. The lowest BCUT2D eigenvalue weighted by atomic mass is 10.4. The van der Waals surface area contributed by atoms with Gasteiger partial charge in [0.2, 0.25) is 0 Å². The van der Waals surface area contributed by atoms with E-state index in [-0.39, 0.29) is 0 Å². The number of hydrogen-bond donors (Lipinski definition) is 0. The Balaban J connectivity index is 2.59. The van der Waals surface area contributed by atoms with E-state index in [4.69, 9.17) is 4.74 Å². The number of aromatic nitrogens is 1. The van der Waals surface area contributed by atoms with Crippen molar-refractivity contribution in [1.29, 1.82) is 0 Å². The van der Waals surface area contributed by atoms with Gasteiger partial charge in [0, 0.05) is 11.1 Å². The molecule has 0 aliphatic heterocycles. The quantitative estimate of drug-likeness (QED) is 0.670. The molecule has 10 heavy (non-hydrogen) atoms. The maximum absolute atomic E-state index is 5.20. The van der Waals surface area contributed by atoms with Crippen LogP contribution in [0.5, 0.6) is 5.19 Å². The highest BCUT2D eigenvalue weighted by atomic mass is 32.1. The first-order chi connectivity index (χ1) is 4.86. The summed E-state index contributed by atoms with van der Waals surface area (Å²) in [6.45, 7) is 4.78. The van der Waals surface area contributed by atoms with Crippen molar-refractivity contribution < 1.29 is 4.74 Å². The normalized spacial score (nSPS) is 9.80. The Morgan fingerprint density at radius 3 is 2.90 bits per heavy atom. The summed E-state index contributed by atoms with van der Waals surface area (Å²) in [5.41, 5.74) is 0. The average molecular weight is 157 g/mol. The van der Waals surface area contributed by atoms with Gasteiger partial charge in [-0.1, -0.05) is 18.3 Å². The highest BCUT2D eigenvalue weighted by molar-refractivity contribution is 7.13. The van der Waals surface area contributed by atoms with Crippen LogP contribution >= 0.6 is 11.3 Å². The SMILES string of the molecule is CCOc1ncc(CC)s1. The van der Waals surface area contributed by atoms with Crippen LogP contribution in [-0.4, -0.2) is 11.6 Å². The van der Waals surface area contributed by atoms with Crippen LogP contribution in [0.3, 0.4) is 0 Å². The first kappa shape index (κ1) is 7.54. The van der Waals surface area contributed by atoms with Crippen LogP contribution in [0.1, 0.15) is 18.7 Å². The number of hydrogen-bond acceptors (Lipinski definition) is 3. The van der Waals surface area contributed by atoms with Gasteiger partial charge in [-0.15, -0.1) is 0 Å². The Morgan fingerprint density at radius 2 is 2.40 bits per heavy atom. The van der Waals surface area contributed by atoms with Crippen LogP contribution in [-0.2, 0) is 6.42 Å². The predicted octanol–water partition coefficient (Wildman–Crippen LogP) is 2.10. The summed E-state index contributed by atoms with van der Waals surface area (Å²) < 4.78 is 5.20. The third-order valence-electron chi connectivity index (χ3n) is 1.15. The van der Waals surface area contributed by atoms with Crippen molar-refractivity contribution in [2.24, 2.45) is 0 Å². The summed E-state index contributed by atoms with van der Waals surface area (Å²) in [5, 5.41) is 0.791. The zero-order chi connectivity index (χ0) is 7.40. The zero-order valence-electron chi connectivity index (χ0n) is 6.26. The maximum atomic E-state index is 5.20. The molecule has 0 aliphatic carbocycles. The van der Waals surface area contributed by atoms with Crippen molar-refractivity contribution in [1.82, 2.24) is 4.98 Å². The van der Waals surface area contributed by atoms with Crippen LogP contribution in [0.25, 0.3) is 0 Å². The minimum atomic E-state index is 0.705. The summed E-state index contributed by atoms with van der Waals surface area (Å²) in [6, 6.07) is 0. The molecule has 0 atom stereocenters. The van der Waals surface area contributed by atoms with E-state index in [9.17, 15) is 0 Å². The van der Waals surface area contributed by atoms with Gasteiger partial charge >= 0.3 is 0 Å².